The van der Waals surface area contributed by atoms with E-state index in [1.807, 2.05) is 12.1 Å². The first-order valence-corrected chi connectivity index (χ1v) is 9.33. The number of benzene rings is 2. The zero-order valence-corrected chi connectivity index (χ0v) is 16.3. The quantitative estimate of drug-likeness (QED) is 0.751. The number of nitrogens with zero attached hydrogens (tertiary/aromatic N) is 1. The minimum atomic E-state index is -0.126. The van der Waals surface area contributed by atoms with Crippen molar-refractivity contribution in [1.82, 2.24) is 0 Å². The minimum absolute atomic E-state index is 0.126. The summed E-state index contributed by atoms with van der Waals surface area (Å²) in [5.41, 5.74) is 2.20. The van der Waals surface area contributed by atoms with Crippen molar-refractivity contribution >= 4 is 19.6 Å². The van der Waals surface area contributed by atoms with Gasteiger partial charge in [-0.05, 0) is 36.0 Å². The van der Waals surface area contributed by atoms with Gasteiger partial charge >= 0.3 is 0 Å². The molecule has 0 amide bonds. The van der Waals surface area contributed by atoms with Crippen molar-refractivity contribution in [3.63, 3.8) is 0 Å². The number of hydrogen-bond donors (Lipinski definition) is 1. The van der Waals surface area contributed by atoms with Crippen molar-refractivity contribution in [1.29, 1.82) is 0 Å². The SMILES string of the molecule is CCCC(C)(Pc1ccccc1N(C)C)c1cc(OC)ccc1O. The number of rotatable bonds is 7. The molecule has 1 N–H and O–H groups in total. The van der Waals surface area contributed by atoms with Crippen LogP contribution in [0.25, 0.3) is 0 Å². The maximum Gasteiger partial charge on any atom is 0.119 e. The molecule has 0 bridgehead atoms. The summed E-state index contributed by atoms with van der Waals surface area (Å²) in [6.45, 7) is 4.44. The highest BCUT2D eigenvalue weighted by Crippen LogP contribution is 2.49. The van der Waals surface area contributed by atoms with Gasteiger partial charge < -0.3 is 14.7 Å². The number of para-hydroxylation sites is 1. The van der Waals surface area contributed by atoms with Crippen LogP contribution in [-0.4, -0.2) is 26.3 Å². The molecule has 0 saturated heterocycles. The van der Waals surface area contributed by atoms with Crippen molar-refractivity contribution in [3.05, 3.63) is 48.0 Å². The van der Waals surface area contributed by atoms with Crippen LogP contribution < -0.4 is 14.9 Å². The van der Waals surface area contributed by atoms with Crippen LogP contribution >= 0.6 is 8.58 Å². The third-order valence-corrected chi connectivity index (χ3v) is 6.11. The van der Waals surface area contributed by atoms with Crippen LogP contribution in [0.1, 0.15) is 32.3 Å². The van der Waals surface area contributed by atoms with E-state index in [1.54, 1.807) is 13.2 Å². The van der Waals surface area contributed by atoms with E-state index in [2.05, 4.69) is 57.1 Å². The fraction of sp³-hybridized carbons (Fsp3) is 0.400. The van der Waals surface area contributed by atoms with Gasteiger partial charge in [0.05, 0.1) is 7.11 Å². The molecule has 0 fully saturated rings. The summed E-state index contributed by atoms with van der Waals surface area (Å²) in [5.74, 6) is 1.14. The lowest BCUT2D eigenvalue weighted by Gasteiger charge is -2.32. The Morgan fingerprint density at radius 2 is 1.88 bits per heavy atom. The number of aromatic hydroxyl groups is 1. The Bertz CT molecular complexity index is 687. The molecule has 2 aromatic rings. The van der Waals surface area contributed by atoms with Gasteiger partial charge in [0, 0.05) is 30.5 Å². The van der Waals surface area contributed by atoms with Crippen LogP contribution in [0.3, 0.4) is 0 Å². The second-order valence-electron chi connectivity index (χ2n) is 6.50. The van der Waals surface area contributed by atoms with Crippen LogP contribution in [0, 0.1) is 0 Å². The zero-order valence-electron chi connectivity index (χ0n) is 15.3. The highest BCUT2D eigenvalue weighted by Gasteiger charge is 2.30. The minimum Gasteiger partial charge on any atom is -0.508 e. The Kier molecular flexibility index (Phi) is 6.12. The molecule has 4 heteroatoms. The lowest BCUT2D eigenvalue weighted by molar-refractivity contribution is 0.407. The summed E-state index contributed by atoms with van der Waals surface area (Å²) in [6, 6.07) is 14.0. The van der Waals surface area contributed by atoms with Crippen molar-refractivity contribution < 1.29 is 9.84 Å². The molecular formula is C20H28NO2P. The third kappa shape index (κ3) is 4.02. The molecule has 0 spiro atoms. The average Bonchev–Trinajstić information content (AvgIpc) is 2.55. The maximum absolute atomic E-state index is 10.5. The predicted molar refractivity (Wildman–Crippen MR) is 106 cm³/mol. The highest BCUT2D eigenvalue weighted by molar-refractivity contribution is 7.49. The Morgan fingerprint density at radius 1 is 1.17 bits per heavy atom. The molecule has 24 heavy (non-hydrogen) atoms. The summed E-state index contributed by atoms with van der Waals surface area (Å²) in [5, 5.41) is 11.7. The first kappa shape index (κ1) is 18.6. The summed E-state index contributed by atoms with van der Waals surface area (Å²) in [7, 11) is 6.37. The first-order chi connectivity index (χ1) is 11.4. The Hall–Kier alpha value is -1.73. The summed E-state index contributed by atoms with van der Waals surface area (Å²) in [6.07, 6.45) is 2.07. The van der Waals surface area contributed by atoms with E-state index >= 15 is 0 Å². The van der Waals surface area contributed by atoms with Crippen molar-refractivity contribution in [2.24, 2.45) is 0 Å². The van der Waals surface area contributed by atoms with Gasteiger partial charge in [0.25, 0.3) is 0 Å². The van der Waals surface area contributed by atoms with E-state index in [-0.39, 0.29) is 5.16 Å². The molecule has 3 nitrogen and oxygen atoms in total. The second-order valence-corrected chi connectivity index (χ2v) is 8.39. The second kappa shape index (κ2) is 7.90. The van der Waals surface area contributed by atoms with Crippen molar-refractivity contribution in [2.75, 3.05) is 26.1 Å². The fourth-order valence-corrected chi connectivity index (χ4v) is 5.03. The number of hydrogen-bond acceptors (Lipinski definition) is 3. The van der Waals surface area contributed by atoms with Gasteiger partial charge in [-0.2, -0.15) is 0 Å². The van der Waals surface area contributed by atoms with Crippen molar-refractivity contribution in [2.45, 2.75) is 31.8 Å². The molecule has 2 rings (SSSR count). The molecule has 0 radical (unpaired) electrons. The van der Waals surface area contributed by atoms with E-state index in [0.717, 1.165) is 24.2 Å². The number of phenolic OH excluding ortho intramolecular Hbond substituents is 1. The lowest BCUT2D eigenvalue weighted by atomic mass is 9.94. The molecule has 2 aromatic carbocycles. The van der Waals surface area contributed by atoms with E-state index in [9.17, 15) is 5.11 Å². The Balaban J connectivity index is 2.49. The standard InChI is InChI=1S/C20H28NO2P/c1-6-13-20(2,16-14-15(23-5)11-12-18(16)22)24-19-10-8-7-9-17(19)21(3)4/h7-12,14,22,24H,6,13H2,1-5H3. The molecule has 0 aromatic heterocycles. The van der Waals surface area contributed by atoms with Crippen LogP contribution in [0.2, 0.25) is 0 Å². The van der Waals surface area contributed by atoms with E-state index < -0.39 is 0 Å². The third-order valence-electron chi connectivity index (χ3n) is 4.34. The van der Waals surface area contributed by atoms with Gasteiger partial charge in [0.1, 0.15) is 11.5 Å². The monoisotopic (exact) mass is 345 g/mol. The van der Waals surface area contributed by atoms with Crippen LogP contribution in [0.4, 0.5) is 5.69 Å². The van der Waals surface area contributed by atoms with Gasteiger partial charge in [-0.3, -0.25) is 0 Å². The molecule has 0 aliphatic heterocycles. The normalized spacial score (nSPS) is 13.9. The average molecular weight is 345 g/mol. The topological polar surface area (TPSA) is 32.7 Å². The van der Waals surface area contributed by atoms with Crippen LogP contribution in [0.15, 0.2) is 42.5 Å². The Morgan fingerprint density at radius 3 is 2.50 bits per heavy atom. The van der Waals surface area contributed by atoms with Crippen molar-refractivity contribution in [3.8, 4) is 11.5 Å². The fourth-order valence-electron chi connectivity index (χ4n) is 3.12. The molecule has 0 heterocycles. The first-order valence-electron chi connectivity index (χ1n) is 8.33. The molecule has 0 aliphatic rings. The van der Waals surface area contributed by atoms with Gasteiger partial charge in [-0.15, -0.1) is 0 Å². The summed E-state index contributed by atoms with van der Waals surface area (Å²) in [4.78, 5) is 2.15. The number of anilines is 1. The lowest BCUT2D eigenvalue weighted by Crippen LogP contribution is -2.23. The zero-order chi connectivity index (χ0) is 17.7. The predicted octanol–water partition coefficient (Wildman–Crippen LogP) is 4.49. The molecule has 0 saturated carbocycles. The molecule has 2 unspecified atom stereocenters. The van der Waals surface area contributed by atoms with Gasteiger partial charge in [0.2, 0.25) is 0 Å². The molecular weight excluding hydrogens is 317 g/mol. The largest absolute Gasteiger partial charge is 0.508 e. The van der Waals surface area contributed by atoms with Gasteiger partial charge in [0.15, 0.2) is 0 Å². The maximum atomic E-state index is 10.5. The van der Waals surface area contributed by atoms with Crippen LogP contribution in [0.5, 0.6) is 11.5 Å². The Labute approximate surface area is 147 Å². The summed E-state index contributed by atoms with van der Waals surface area (Å²) < 4.78 is 5.38. The van der Waals surface area contributed by atoms with Crippen LogP contribution in [-0.2, 0) is 5.16 Å². The van der Waals surface area contributed by atoms with E-state index in [4.69, 9.17) is 4.74 Å². The van der Waals surface area contributed by atoms with Gasteiger partial charge in [-0.25, -0.2) is 0 Å². The highest BCUT2D eigenvalue weighted by atomic mass is 31.1. The molecule has 0 aliphatic carbocycles. The molecule has 130 valence electrons. The van der Waals surface area contributed by atoms with Gasteiger partial charge in [-0.1, -0.05) is 47.0 Å². The number of methoxy groups -OCH3 is 1. The smallest absolute Gasteiger partial charge is 0.119 e. The number of ether oxygens (including phenoxy) is 1. The summed E-state index contributed by atoms with van der Waals surface area (Å²) >= 11 is 0. The molecule has 2 atom stereocenters. The number of phenols is 1. The van der Waals surface area contributed by atoms with E-state index in [0.29, 0.717) is 14.3 Å². The van der Waals surface area contributed by atoms with E-state index in [1.165, 1.54) is 11.0 Å².